The molecule has 2 unspecified atom stereocenters. The third kappa shape index (κ3) is 2.98. The van der Waals surface area contributed by atoms with E-state index in [2.05, 4.69) is 4.98 Å². The highest BCUT2D eigenvalue weighted by Crippen LogP contribution is 2.51. The fourth-order valence-corrected chi connectivity index (χ4v) is 3.27. The molecule has 0 saturated heterocycles. The molecule has 0 fully saturated rings. The van der Waals surface area contributed by atoms with Gasteiger partial charge >= 0.3 is 0 Å². The number of pyridine rings is 1. The molecule has 2 heterocycles. The standard InChI is InChI=1S/C21H15ClFNO2/c22-17-6-2-1-5-16(17)21-18(19(25)14-4-3-11-24-12-14)20(26-21)13-7-9-15(23)10-8-13/h1-12,19-20,25H. The second-order valence-corrected chi connectivity index (χ2v) is 6.41. The maximum atomic E-state index is 13.3. The van der Waals surface area contributed by atoms with Crippen molar-refractivity contribution < 1.29 is 14.2 Å². The van der Waals surface area contributed by atoms with Gasteiger partial charge in [-0.1, -0.05) is 41.9 Å². The Morgan fingerprint density at radius 1 is 1.04 bits per heavy atom. The number of ether oxygens (including phenoxy) is 1. The van der Waals surface area contributed by atoms with Crippen LogP contribution in [-0.4, -0.2) is 10.1 Å². The molecule has 1 aliphatic heterocycles. The molecular formula is C21H15ClFNO2. The van der Waals surface area contributed by atoms with Gasteiger partial charge in [0.15, 0.2) is 6.10 Å². The molecule has 5 heteroatoms. The zero-order valence-electron chi connectivity index (χ0n) is 13.6. The SMILES string of the molecule is OC(C1=C(c2ccccc2Cl)OC1c1ccc(F)cc1)c1cccnc1. The fraction of sp³-hybridized carbons (Fsp3) is 0.0952. The average Bonchev–Trinajstić information content (AvgIpc) is 2.65. The molecule has 3 nitrogen and oxygen atoms in total. The summed E-state index contributed by atoms with van der Waals surface area (Å²) in [5.41, 5.74) is 2.81. The van der Waals surface area contributed by atoms with Gasteiger partial charge in [0.05, 0.1) is 10.6 Å². The van der Waals surface area contributed by atoms with E-state index in [-0.39, 0.29) is 5.82 Å². The number of aliphatic hydroxyl groups excluding tert-OH is 1. The molecule has 0 radical (unpaired) electrons. The molecular weight excluding hydrogens is 353 g/mol. The van der Waals surface area contributed by atoms with Crippen LogP contribution < -0.4 is 0 Å². The maximum Gasteiger partial charge on any atom is 0.152 e. The molecule has 130 valence electrons. The second-order valence-electron chi connectivity index (χ2n) is 6.00. The van der Waals surface area contributed by atoms with Crippen LogP contribution in [0.25, 0.3) is 5.76 Å². The van der Waals surface area contributed by atoms with Gasteiger partial charge in [-0.25, -0.2) is 4.39 Å². The molecule has 0 aliphatic carbocycles. The molecule has 0 spiro atoms. The lowest BCUT2D eigenvalue weighted by Gasteiger charge is -2.37. The summed E-state index contributed by atoms with van der Waals surface area (Å²) in [4.78, 5) is 4.07. The normalized spacial score (nSPS) is 17.4. The van der Waals surface area contributed by atoms with E-state index in [0.717, 1.165) is 5.56 Å². The van der Waals surface area contributed by atoms with E-state index in [9.17, 15) is 9.50 Å². The summed E-state index contributed by atoms with van der Waals surface area (Å²) in [6.07, 6.45) is 1.88. The van der Waals surface area contributed by atoms with Crippen molar-refractivity contribution in [1.82, 2.24) is 4.98 Å². The van der Waals surface area contributed by atoms with E-state index in [1.807, 2.05) is 18.2 Å². The summed E-state index contributed by atoms with van der Waals surface area (Å²) in [5, 5.41) is 11.5. The topological polar surface area (TPSA) is 42.4 Å². The van der Waals surface area contributed by atoms with Crippen molar-refractivity contribution in [3.8, 4) is 0 Å². The first-order chi connectivity index (χ1) is 12.6. The van der Waals surface area contributed by atoms with E-state index in [4.69, 9.17) is 16.3 Å². The quantitative estimate of drug-likeness (QED) is 0.698. The van der Waals surface area contributed by atoms with Gasteiger partial charge < -0.3 is 9.84 Å². The van der Waals surface area contributed by atoms with E-state index in [1.165, 1.54) is 12.1 Å². The van der Waals surface area contributed by atoms with E-state index < -0.39 is 12.2 Å². The van der Waals surface area contributed by atoms with Crippen molar-refractivity contribution in [1.29, 1.82) is 0 Å². The summed E-state index contributed by atoms with van der Waals surface area (Å²) < 4.78 is 19.2. The molecule has 1 N–H and O–H groups in total. The predicted octanol–water partition coefficient (Wildman–Crippen LogP) is 5.09. The molecule has 26 heavy (non-hydrogen) atoms. The maximum absolute atomic E-state index is 13.3. The monoisotopic (exact) mass is 367 g/mol. The minimum atomic E-state index is -0.904. The van der Waals surface area contributed by atoms with Crippen molar-refractivity contribution in [2.24, 2.45) is 0 Å². The molecule has 0 saturated carbocycles. The van der Waals surface area contributed by atoms with Crippen molar-refractivity contribution in [3.63, 3.8) is 0 Å². The second kappa shape index (κ2) is 6.90. The number of benzene rings is 2. The first-order valence-electron chi connectivity index (χ1n) is 8.14. The molecule has 4 rings (SSSR count). The van der Waals surface area contributed by atoms with Crippen LogP contribution >= 0.6 is 11.6 Å². The van der Waals surface area contributed by atoms with Crippen LogP contribution in [0.4, 0.5) is 4.39 Å². The average molecular weight is 368 g/mol. The van der Waals surface area contributed by atoms with Gasteiger partial charge in [0.1, 0.15) is 17.7 Å². The van der Waals surface area contributed by atoms with Crippen molar-refractivity contribution in [2.75, 3.05) is 0 Å². The number of halogens is 2. The van der Waals surface area contributed by atoms with Crippen LogP contribution in [0.5, 0.6) is 0 Å². The number of aliphatic hydroxyl groups is 1. The summed E-state index contributed by atoms with van der Waals surface area (Å²) in [6, 6.07) is 16.9. The van der Waals surface area contributed by atoms with Gasteiger partial charge in [-0.2, -0.15) is 0 Å². The number of rotatable bonds is 4. The number of hydrogen-bond donors (Lipinski definition) is 1. The first kappa shape index (κ1) is 16.8. The molecule has 1 aliphatic rings. The van der Waals surface area contributed by atoms with Crippen LogP contribution in [0.2, 0.25) is 5.02 Å². The Kier molecular flexibility index (Phi) is 4.45. The minimum Gasteiger partial charge on any atom is -0.480 e. The lowest BCUT2D eigenvalue weighted by Crippen LogP contribution is -2.24. The van der Waals surface area contributed by atoms with Crippen LogP contribution in [0, 0.1) is 5.82 Å². The predicted molar refractivity (Wildman–Crippen MR) is 97.8 cm³/mol. The Hall–Kier alpha value is -2.69. The van der Waals surface area contributed by atoms with E-state index >= 15 is 0 Å². The number of aromatic nitrogens is 1. The molecule has 0 amide bonds. The van der Waals surface area contributed by atoms with Crippen molar-refractivity contribution >= 4 is 17.4 Å². The zero-order valence-corrected chi connectivity index (χ0v) is 14.4. The van der Waals surface area contributed by atoms with Crippen molar-refractivity contribution in [2.45, 2.75) is 12.2 Å². The number of hydrogen-bond acceptors (Lipinski definition) is 3. The Morgan fingerprint density at radius 3 is 2.50 bits per heavy atom. The van der Waals surface area contributed by atoms with Gasteiger partial charge in [-0.05, 0) is 35.9 Å². The van der Waals surface area contributed by atoms with Gasteiger partial charge in [-0.3, -0.25) is 4.98 Å². The first-order valence-corrected chi connectivity index (χ1v) is 8.52. The molecule has 0 bridgehead atoms. The highest BCUT2D eigenvalue weighted by molar-refractivity contribution is 6.32. The molecule has 3 aromatic rings. The zero-order chi connectivity index (χ0) is 18.1. The van der Waals surface area contributed by atoms with Crippen LogP contribution in [0.1, 0.15) is 28.9 Å². The van der Waals surface area contributed by atoms with Crippen molar-refractivity contribution in [3.05, 3.63) is 106 Å². The van der Waals surface area contributed by atoms with E-state index in [0.29, 0.717) is 27.5 Å². The Bertz CT molecular complexity index is 957. The summed E-state index contributed by atoms with van der Waals surface area (Å²) in [6.45, 7) is 0. The summed E-state index contributed by atoms with van der Waals surface area (Å²) in [7, 11) is 0. The van der Waals surface area contributed by atoms with Crippen LogP contribution in [-0.2, 0) is 4.74 Å². The lowest BCUT2D eigenvalue weighted by molar-refractivity contribution is 0.0939. The summed E-state index contributed by atoms with van der Waals surface area (Å²) >= 11 is 6.30. The smallest absolute Gasteiger partial charge is 0.152 e. The van der Waals surface area contributed by atoms with Gasteiger partial charge in [-0.15, -0.1) is 0 Å². The molecule has 2 aromatic carbocycles. The van der Waals surface area contributed by atoms with Gasteiger partial charge in [0, 0.05) is 23.5 Å². The number of nitrogens with zero attached hydrogens (tertiary/aromatic N) is 1. The van der Waals surface area contributed by atoms with Gasteiger partial charge in [0.2, 0.25) is 0 Å². The Balaban J connectivity index is 1.81. The largest absolute Gasteiger partial charge is 0.480 e. The fourth-order valence-electron chi connectivity index (χ4n) is 3.04. The molecule has 2 atom stereocenters. The Labute approximate surface area is 155 Å². The minimum absolute atomic E-state index is 0.322. The highest BCUT2D eigenvalue weighted by Gasteiger charge is 2.39. The highest BCUT2D eigenvalue weighted by atomic mass is 35.5. The van der Waals surface area contributed by atoms with Gasteiger partial charge in [0.25, 0.3) is 0 Å². The van der Waals surface area contributed by atoms with E-state index in [1.54, 1.807) is 42.7 Å². The third-order valence-corrected chi connectivity index (χ3v) is 4.70. The third-order valence-electron chi connectivity index (χ3n) is 4.37. The van der Waals surface area contributed by atoms with Crippen LogP contribution in [0.15, 0.2) is 78.6 Å². The lowest BCUT2D eigenvalue weighted by atomic mass is 9.86. The van der Waals surface area contributed by atoms with Crippen LogP contribution in [0.3, 0.4) is 0 Å². The Morgan fingerprint density at radius 2 is 1.81 bits per heavy atom. The summed E-state index contributed by atoms with van der Waals surface area (Å²) in [5.74, 6) is 0.221. The molecule has 1 aromatic heterocycles.